The summed E-state index contributed by atoms with van der Waals surface area (Å²) >= 11 is 1.12. The fraction of sp³-hybridized carbons (Fsp3) is 0.152. The minimum atomic E-state index is -1.87. The Labute approximate surface area is 247 Å². The molecule has 8 nitrogen and oxygen atoms in total. The van der Waals surface area contributed by atoms with Gasteiger partial charge in [0.1, 0.15) is 28.8 Å². The van der Waals surface area contributed by atoms with Gasteiger partial charge in [-0.25, -0.2) is 4.79 Å². The second-order valence-corrected chi connectivity index (χ2v) is 10.2. The second-order valence-electron chi connectivity index (χ2n) is 9.64. The molecule has 4 aromatic carbocycles. The number of fused-ring (bicyclic) bond motifs is 1. The first-order valence-electron chi connectivity index (χ1n) is 13.1. The smallest absolute Gasteiger partial charge is 0.342 e. The summed E-state index contributed by atoms with van der Waals surface area (Å²) in [5, 5.41) is 11.7. The molecule has 9 heteroatoms. The quantitative estimate of drug-likeness (QED) is 0.187. The zero-order valence-electron chi connectivity index (χ0n) is 23.2. The van der Waals surface area contributed by atoms with Crippen LogP contribution in [0, 0.1) is 6.92 Å². The van der Waals surface area contributed by atoms with Crippen molar-refractivity contribution >= 4 is 40.6 Å². The lowest BCUT2D eigenvalue weighted by atomic mass is 9.88. The van der Waals surface area contributed by atoms with E-state index in [2.05, 4.69) is 8.75 Å². The van der Waals surface area contributed by atoms with Gasteiger partial charge in [0, 0.05) is 23.1 Å². The first-order chi connectivity index (χ1) is 20.3. The van der Waals surface area contributed by atoms with Crippen molar-refractivity contribution < 1.29 is 28.9 Å². The molecular formula is C33H28N2O6S. The normalized spacial score (nSPS) is 16.0. The second kappa shape index (κ2) is 12.3. The maximum atomic E-state index is 13.1. The summed E-state index contributed by atoms with van der Waals surface area (Å²) in [5.74, 6) is -0.934. The van der Waals surface area contributed by atoms with Crippen LogP contribution in [0.2, 0.25) is 0 Å². The van der Waals surface area contributed by atoms with E-state index in [1.807, 2.05) is 61.5 Å². The first kappa shape index (κ1) is 28.7. The van der Waals surface area contributed by atoms with Crippen LogP contribution in [0.4, 0.5) is 0 Å². The number of esters is 1. The number of aryl methyl sites for hydroxylation is 1. The number of aldehydes is 1. The van der Waals surface area contributed by atoms with E-state index in [0.29, 0.717) is 39.8 Å². The number of aromatic nitrogens is 2. The van der Waals surface area contributed by atoms with E-state index >= 15 is 0 Å². The molecule has 1 aliphatic rings. The number of carbonyl (C=O) groups is 2. The van der Waals surface area contributed by atoms with E-state index in [1.165, 1.54) is 0 Å². The summed E-state index contributed by atoms with van der Waals surface area (Å²) in [6.07, 6.45) is 1.13. The molecule has 0 amide bonds. The number of nitrogens with zero attached hydrogens (tertiary/aromatic N) is 2. The molecule has 42 heavy (non-hydrogen) atoms. The van der Waals surface area contributed by atoms with E-state index < -0.39 is 11.8 Å². The predicted molar refractivity (Wildman–Crippen MR) is 161 cm³/mol. The van der Waals surface area contributed by atoms with Gasteiger partial charge in [-0.1, -0.05) is 48.0 Å². The third-order valence-electron chi connectivity index (χ3n) is 6.93. The molecule has 6 rings (SSSR count). The van der Waals surface area contributed by atoms with Crippen LogP contribution in [-0.2, 0) is 21.7 Å². The molecule has 1 atom stereocenters. The number of rotatable bonds is 7. The lowest BCUT2D eigenvalue weighted by Crippen LogP contribution is -2.29. The SMILES string of the molecule is COc1ccc(C=O)cc1.COc1ccc(CC2=C(c3ccc4nsnc4c3)C(=O)OC2(O)c2ccc(C)cc2)cc1. The van der Waals surface area contributed by atoms with Crippen molar-refractivity contribution in [2.75, 3.05) is 14.2 Å². The third kappa shape index (κ3) is 5.93. The highest BCUT2D eigenvalue weighted by Gasteiger charge is 2.48. The third-order valence-corrected chi connectivity index (χ3v) is 7.49. The summed E-state index contributed by atoms with van der Waals surface area (Å²) in [4.78, 5) is 23.3. The molecular weight excluding hydrogens is 552 g/mol. The van der Waals surface area contributed by atoms with Crippen molar-refractivity contribution in [3.05, 3.63) is 124 Å². The van der Waals surface area contributed by atoms with Crippen molar-refractivity contribution in [3.8, 4) is 11.5 Å². The Morgan fingerprint density at radius 2 is 1.48 bits per heavy atom. The van der Waals surface area contributed by atoms with Crippen LogP contribution in [-0.4, -0.2) is 40.3 Å². The van der Waals surface area contributed by atoms with Gasteiger partial charge in [0.05, 0.1) is 31.5 Å². The first-order valence-corrected chi connectivity index (χ1v) is 13.8. The van der Waals surface area contributed by atoms with Gasteiger partial charge in [-0.2, -0.15) is 8.75 Å². The minimum Gasteiger partial charge on any atom is -0.497 e. The minimum absolute atomic E-state index is 0.322. The Balaban J connectivity index is 0.000000300. The highest BCUT2D eigenvalue weighted by Crippen LogP contribution is 2.45. The molecule has 1 N–H and O–H groups in total. The van der Waals surface area contributed by atoms with Crippen LogP contribution in [0.25, 0.3) is 16.6 Å². The van der Waals surface area contributed by atoms with Gasteiger partial charge in [0.2, 0.25) is 0 Å². The van der Waals surface area contributed by atoms with E-state index in [0.717, 1.165) is 46.2 Å². The number of hydrogen-bond acceptors (Lipinski definition) is 9. The van der Waals surface area contributed by atoms with Gasteiger partial charge in [-0.15, -0.1) is 0 Å². The fourth-order valence-corrected chi connectivity index (χ4v) is 5.14. The van der Waals surface area contributed by atoms with Gasteiger partial charge >= 0.3 is 5.97 Å². The monoisotopic (exact) mass is 580 g/mol. The molecule has 0 fully saturated rings. The molecule has 0 saturated heterocycles. The topological polar surface area (TPSA) is 108 Å². The largest absolute Gasteiger partial charge is 0.497 e. The summed E-state index contributed by atoms with van der Waals surface area (Å²) in [6, 6.07) is 27.3. The Morgan fingerprint density at radius 3 is 2.10 bits per heavy atom. The molecule has 0 saturated carbocycles. The molecule has 1 aliphatic heterocycles. The number of methoxy groups -OCH3 is 2. The van der Waals surface area contributed by atoms with Crippen molar-refractivity contribution in [2.24, 2.45) is 0 Å². The lowest BCUT2D eigenvalue weighted by molar-refractivity contribution is -0.185. The van der Waals surface area contributed by atoms with Gasteiger partial charge < -0.3 is 19.3 Å². The molecule has 0 bridgehead atoms. The molecule has 1 unspecified atom stereocenters. The van der Waals surface area contributed by atoms with Gasteiger partial charge in [0.15, 0.2) is 0 Å². The number of ether oxygens (including phenoxy) is 3. The zero-order chi connectivity index (χ0) is 29.7. The van der Waals surface area contributed by atoms with E-state index in [1.54, 1.807) is 50.6 Å². The standard InChI is InChI=1S/C25H20N2O4S.C8H8O2/c1-15-3-8-18(9-4-15)25(29)20(13-16-5-10-19(30-2)11-6-16)23(24(28)31-25)17-7-12-21-22(14-17)27-32-26-21;1-10-8-4-2-7(6-9)3-5-8/h3-12,14,29H,13H2,1-2H3;2-6H,1H3. The van der Waals surface area contributed by atoms with Crippen LogP contribution < -0.4 is 9.47 Å². The number of benzene rings is 4. The average molecular weight is 581 g/mol. The molecule has 0 spiro atoms. The summed E-state index contributed by atoms with van der Waals surface area (Å²) < 4.78 is 24.3. The molecule has 0 radical (unpaired) electrons. The van der Waals surface area contributed by atoms with Crippen LogP contribution >= 0.6 is 11.7 Å². The van der Waals surface area contributed by atoms with Crippen LogP contribution in [0.5, 0.6) is 11.5 Å². The Kier molecular flexibility index (Phi) is 8.42. The Bertz CT molecular complexity index is 1740. The van der Waals surface area contributed by atoms with Gasteiger partial charge in [0.25, 0.3) is 5.79 Å². The van der Waals surface area contributed by atoms with Crippen molar-refractivity contribution in [3.63, 3.8) is 0 Å². The van der Waals surface area contributed by atoms with Crippen molar-refractivity contribution in [1.29, 1.82) is 0 Å². The highest BCUT2D eigenvalue weighted by molar-refractivity contribution is 7.00. The Morgan fingerprint density at radius 1 is 0.857 bits per heavy atom. The molecule has 5 aromatic rings. The zero-order valence-corrected chi connectivity index (χ0v) is 24.1. The van der Waals surface area contributed by atoms with Crippen LogP contribution in [0.1, 0.15) is 32.6 Å². The molecule has 1 aromatic heterocycles. The number of hydrogen-bond donors (Lipinski definition) is 1. The molecule has 212 valence electrons. The number of cyclic esters (lactones) is 1. The molecule has 0 aliphatic carbocycles. The van der Waals surface area contributed by atoms with Crippen LogP contribution in [0.15, 0.2) is 96.6 Å². The fourth-order valence-electron chi connectivity index (χ4n) is 4.62. The summed E-state index contributed by atoms with van der Waals surface area (Å²) in [7, 11) is 3.20. The highest BCUT2D eigenvalue weighted by atomic mass is 32.1. The van der Waals surface area contributed by atoms with Crippen LogP contribution in [0.3, 0.4) is 0 Å². The van der Waals surface area contributed by atoms with E-state index in [9.17, 15) is 14.7 Å². The maximum absolute atomic E-state index is 13.1. The van der Waals surface area contributed by atoms with Crippen molar-refractivity contribution in [1.82, 2.24) is 8.75 Å². The average Bonchev–Trinajstić information content (AvgIpc) is 3.59. The summed E-state index contributed by atoms with van der Waals surface area (Å²) in [6.45, 7) is 1.96. The number of carbonyl (C=O) groups excluding carboxylic acids is 2. The van der Waals surface area contributed by atoms with E-state index in [-0.39, 0.29) is 0 Å². The molecule has 2 heterocycles. The van der Waals surface area contributed by atoms with Gasteiger partial charge in [-0.3, -0.25) is 4.79 Å². The van der Waals surface area contributed by atoms with Gasteiger partial charge in [-0.05, 0) is 66.6 Å². The predicted octanol–water partition coefficient (Wildman–Crippen LogP) is 5.91. The Hall–Kier alpha value is -4.86. The maximum Gasteiger partial charge on any atom is 0.342 e. The summed E-state index contributed by atoms with van der Waals surface area (Å²) in [5.41, 5.74) is 6.06. The van der Waals surface area contributed by atoms with E-state index in [4.69, 9.17) is 14.2 Å². The van der Waals surface area contributed by atoms with Crippen molar-refractivity contribution in [2.45, 2.75) is 19.1 Å². The lowest BCUT2D eigenvalue weighted by Gasteiger charge is -2.26. The number of aliphatic hydroxyl groups is 1.